The first-order valence-electron chi connectivity index (χ1n) is 11.0. The van der Waals surface area contributed by atoms with Gasteiger partial charge in [0.05, 0.1) is 29.8 Å². The smallest absolute Gasteiger partial charge is 0.221 e. The van der Waals surface area contributed by atoms with Gasteiger partial charge in [-0.05, 0) is 40.8 Å². The average Bonchev–Trinajstić information content (AvgIpc) is 2.87. The predicted octanol–water partition coefficient (Wildman–Crippen LogP) is 5.93. The number of rotatable bonds is 6. The first kappa shape index (κ1) is 21.3. The lowest BCUT2D eigenvalue weighted by molar-refractivity contribution is -0.114. The maximum Gasteiger partial charge on any atom is 0.221 e. The molecule has 1 amide bonds. The molecule has 5 rings (SSSR count). The minimum atomic E-state index is -0.143. The molecule has 0 aliphatic carbocycles. The normalized spacial score (nSPS) is 10.7. The number of carbonyl (C=O) groups is 1. The Morgan fingerprint density at radius 1 is 0.882 bits per heavy atom. The minimum absolute atomic E-state index is 0.143. The van der Waals surface area contributed by atoms with E-state index in [-0.39, 0.29) is 5.91 Å². The molecular weight excluding hydrogens is 422 g/mol. The molecule has 0 spiro atoms. The number of carbonyl (C=O) groups excluding carboxylic acids is 1. The van der Waals surface area contributed by atoms with Crippen LogP contribution in [-0.2, 0) is 11.3 Å². The lowest BCUT2D eigenvalue weighted by Crippen LogP contribution is -2.06. The lowest BCUT2D eigenvalue weighted by Gasteiger charge is -2.15. The number of pyridine rings is 3. The second kappa shape index (κ2) is 9.50. The number of aromatic nitrogens is 3. The van der Waals surface area contributed by atoms with Crippen LogP contribution in [0.1, 0.15) is 12.6 Å². The van der Waals surface area contributed by atoms with Crippen LogP contribution in [0.4, 0.5) is 11.5 Å². The Morgan fingerprint density at radius 3 is 2.53 bits per heavy atom. The van der Waals surface area contributed by atoms with Crippen LogP contribution in [0.2, 0.25) is 0 Å². The van der Waals surface area contributed by atoms with Crippen molar-refractivity contribution >= 4 is 28.2 Å². The largest absolute Gasteiger partial charge is 0.364 e. The van der Waals surface area contributed by atoms with E-state index in [1.165, 1.54) is 6.92 Å². The fourth-order valence-corrected chi connectivity index (χ4v) is 3.97. The summed E-state index contributed by atoms with van der Waals surface area (Å²) >= 11 is 0. The summed E-state index contributed by atoms with van der Waals surface area (Å²) in [6.45, 7) is 2.02. The molecule has 6 nitrogen and oxygen atoms in total. The van der Waals surface area contributed by atoms with E-state index in [0.29, 0.717) is 12.2 Å². The highest BCUT2D eigenvalue weighted by molar-refractivity contribution is 6.05. The molecule has 0 saturated carbocycles. The third-order valence-corrected chi connectivity index (χ3v) is 5.46. The SMILES string of the molecule is CC(=O)Nc1cncc(-c2cc3cccc(-c4ccccc4)c3c(NCc3ccccn3)n2)c1. The molecule has 5 aromatic rings. The number of nitrogens with one attached hydrogen (secondary N) is 2. The number of amides is 1. The standard InChI is InChI=1S/C28H23N5O/c1-19(34)32-24-14-22(16-29-17-24)26-15-21-10-7-12-25(20-8-3-2-4-9-20)27(21)28(33-26)31-18-23-11-5-6-13-30-23/h2-17H,18H2,1H3,(H,31,33)(H,32,34). The minimum Gasteiger partial charge on any atom is -0.364 e. The molecular formula is C28H23N5O. The molecule has 0 fully saturated rings. The quantitative estimate of drug-likeness (QED) is 0.339. The van der Waals surface area contributed by atoms with E-state index in [0.717, 1.165) is 44.7 Å². The summed E-state index contributed by atoms with van der Waals surface area (Å²) in [6, 6.07) is 26.4. The van der Waals surface area contributed by atoms with E-state index in [1.807, 2.05) is 42.5 Å². The van der Waals surface area contributed by atoms with Crippen LogP contribution in [0.3, 0.4) is 0 Å². The number of fused-ring (bicyclic) bond motifs is 1. The summed E-state index contributed by atoms with van der Waals surface area (Å²) in [5, 5.41) is 8.39. The monoisotopic (exact) mass is 445 g/mol. The zero-order chi connectivity index (χ0) is 23.3. The number of hydrogen-bond donors (Lipinski definition) is 2. The van der Waals surface area contributed by atoms with Crippen LogP contribution in [0.15, 0.2) is 97.5 Å². The van der Waals surface area contributed by atoms with E-state index < -0.39 is 0 Å². The molecule has 3 aromatic heterocycles. The first-order chi connectivity index (χ1) is 16.7. The Balaban J connectivity index is 1.65. The zero-order valence-corrected chi connectivity index (χ0v) is 18.7. The van der Waals surface area contributed by atoms with Crippen LogP contribution in [-0.4, -0.2) is 20.9 Å². The van der Waals surface area contributed by atoms with Gasteiger partial charge in [-0.1, -0.05) is 54.6 Å². The summed E-state index contributed by atoms with van der Waals surface area (Å²) in [5.74, 6) is 0.623. The van der Waals surface area contributed by atoms with Gasteiger partial charge in [0.1, 0.15) is 5.82 Å². The maximum atomic E-state index is 11.5. The number of anilines is 2. The topological polar surface area (TPSA) is 79.8 Å². The van der Waals surface area contributed by atoms with Gasteiger partial charge in [0.25, 0.3) is 0 Å². The second-order valence-electron chi connectivity index (χ2n) is 7.94. The Bertz CT molecular complexity index is 1450. The highest BCUT2D eigenvalue weighted by Gasteiger charge is 2.14. The molecule has 0 bridgehead atoms. The highest BCUT2D eigenvalue weighted by atomic mass is 16.1. The molecule has 0 aliphatic rings. The van der Waals surface area contributed by atoms with Crippen LogP contribution in [0, 0.1) is 0 Å². The fourth-order valence-electron chi connectivity index (χ4n) is 3.97. The first-order valence-corrected chi connectivity index (χ1v) is 11.0. The highest BCUT2D eigenvalue weighted by Crippen LogP contribution is 2.36. The van der Waals surface area contributed by atoms with Gasteiger partial charge >= 0.3 is 0 Å². The fraction of sp³-hybridized carbons (Fsp3) is 0.0714. The second-order valence-corrected chi connectivity index (χ2v) is 7.94. The van der Waals surface area contributed by atoms with E-state index in [1.54, 1.807) is 18.6 Å². The van der Waals surface area contributed by atoms with Crippen molar-refractivity contribution in [2.75, 3.05) is 10.6 Å². The molecule has 2 N–H and O–H groups in total. The van der Waals surface area contributed by atoms with Crippen molar-refractivity contribution in [3.05, 3.63) is 103 Å². The van der Waals surface area contributed by atoms with Gasteiger partial charge in [-0.2, -0.15) is 0 Å². The summed E-state index contributed by atoms with van der Waals surface area (Å²) in [6.07, 6.45) is 5.16. The summed E-state index contributed by atoms with van der Waals surface area (Å²) in [4.78, 5) is 25.2. The van der Waals surface area contributed by atoms with Gasteiger partial charge < -0.3 is 10.6 Å². The number of benzene rings is 2. The Hall–Kier alpha value is -4.58. The molecule has 0 radical (unpaired) electrons. The molecule has 0 unspecified atom stereocenters. The van der Waals surface area contributed by atoms with Crippen LogP contribution in [0.25, 0.3) is 33.2 Å². The molecule has 34 heavy (non-hydrogen) atoms. The zero-order valence-electron chi connectivity index (χ0n) is 18.7. The van der Waals surface area contributed by atoms with E-state index in [2.05, 4.69) is 57.0 Å². The number of nitrogens with zero attached hydrogens (tertiary/aromatic N) is 3. The van der Waals surface area contributed by atoms with Gasteiger partial charge in [-0.3, -0.25) is 14.8 Å². The third kappa shape index (κ3) is 4.61. The van der Waals surface area contributed by atoms with Crippen molar-refractivity contribution < 1.29 is 4.79 Å². The van der Waals surface area contributed by atoms with Gasteiger partial charge in [0.15, 0.2) is 0 Å². The summed E-state index contributed by atoms with van der Waals surface area (Å²) in [5.41, 5.74) is 5.37. The number of hydrogen-bond acceptors (Lipinski definition) is 5. The van der Waals surface area contributed by atoms with Gasteiger partial charge in [-0.25, -0.2) is 4.98 Å². The van der Waals surface area contributed by atoms with Gasteiger partial charge in [0, 0.05) is 30.3 Å². The Kier molecular flexibility index (Phi) is 5.95. The van der Waals surface area contributed by atoms with Crippen molar-refractivity contribution in [3.8, 4) is 22.4 Å². The van der Waals surface area contributed by atoms with Gasteiger partial charge in [0.2, 0.25) is 5.91 Å². The van der Waals surface area contributed by atoms with E-state index in [9.17, 15) is 4.79 Å². The van der Waals surface area contributed by atoms with Crippen molar-refractivity contribution in [1.29, 1.82) is 0 Å². The van der Waals surface area contributed by atoms with E-state index in [4.69, 9.17) is 4.98 Å². The average molecular weight is 446 g/mol. The molecule has 0 saturated heterocycles. The predicted molar refractivity (Wildman–Crippen MR) is 136 cm³/mol. The van der Waals surface area contributed by atoms with Crippen molar-refractivity contribution in [2.24, 2.45) is 0 Å². The van der Waals surface area contributed by atoms with Crippen molar-refractivity contribution in [2.45, 2.75) is 13.5 Å². The maximum absolute atomic E-state index is 11.5. The van der Waals surface area contributed by atoms with Crippen LogP contribution >= 0.6 is 0 Å². The van der Waals surface area contributed by atoms with Crippen LogP contribution in [0.5, 0.6) is 0 Å². The molecule has 0 aliphatic heterocycles. The molecule has 6 heteroatoms. The molecule has 166 valence electrons. The third-order valence-electron chi connectivity index (χ3n) is 5.46. The summed E-state index contributed by atoms with van der Waals surface area (Å²) in [7, 11) is 0. The van der Waals surface area contributed by atoms with Crippen molar-refractivity contribution in [1.82, 2.24) is 15.0 Å². The molecule has 0 atom stereocenters. The van der Waals surface area contributed by atoms with Crippen molar-refractivity contribution in [3.63, 3.8) is 0 Å². The Labute approximate surface area is 197 Å². The van der Waals surface area contributed by atoms with Crippen LogP contribution < -0.4 is 10.6 Å². The molecule has 3 heterocycles. The summed E-state index contributed by atoms with van der Waals surface area (Å²) < 4.78 is 0. The van der Waals surface area contributed by atoms with E-state index >= 15 is 0 Å². The molecule has 2 aromatic carbocycles. The lowest BCUT2D eigenvalue weighted by atomic mass is 9.97. The Morgan fingerprint density at radius 2 is 1.74 bits per heavy atom. The van der Waals surface area contributed by atoms with Gasteiger partial charge in [-0.15, -0.1) is 0 Å².